The van der Waals surface area contributed by atoms with Crippen LogP contribution < -0.4 is 5.32 Å². The van der Waals surface area contributed by atoms with Crippen LogP contribution in [0.15, 0.2) is 24.3 Å². The van der Waals surface area contributed by atoms with E-state index in [2.05, 4.69) is 5.32 Å². The van der Waals surface area contributed by atoms with Crippen molar-refractivity contribution in [2.24, 2.45) is 0 Å². The molecule has 0 spiro atoms. The highest BCUT2D eigenvalue weighted by Gasteiger charge is 2.03. The van der Waals surface area contributed by atoms with Crippen LogP contribution in [0, 0.1) is 0 Å². The minimum atomic E-state index is -0.335. The lowest BCUT2D eigenvalue weighted by Gasteiger charge is -2.09. The van der Waals surface area contributed by atoms with Gasteiger partial charge in [0.15, 0.2) is 0 Å². The van der Waals surface area contributed by atoms with Gasteiger partial charge in [-0.2, -0.15) is 0 Å². The quantitative estimate of drug-likeness (QED) is 0.719. The van der Waals surface area contributed by atoms with Crippen molar-refractivity contribution in [2.75, 3.05) is 12.4 Å². The molecular formula is C10H15NO. The van der Waals surface area contributed by atoms with Crippen molar-refractivity contribution < 1.29 is 5.11 Å². The van der Waals surface area contributed by atoms with Gasteiger partial charge >= 0.3 is 0 Å². The molecule has 0 aliphatic heterocycles. The van der Waals surface area contributed by atoms with Gasteiger partial charge in [-0.3, -0.25) is 0 Å². The molecule has 0 aromatic heterocycles. The molecule has 0 heterocycles. The van der Waals surface area contributed by atoms with Crippen LogP contribution in [-0.2, 0) is 0 Å². The first kappa shape index (κ1) is 9.07. The monoisotopic (exact) mass is 165 g/mol. The van der Waals surface area contributed by atoms with E-state index in [4.69, 9.17) is 0 Å². The van der Waals surface area contributed by atoms with Crippen LogP contribution in [0.1, 0.15) is 25.0 Å². The van der Waals surface area contributed by atoms with Crippen LogP contribution in [0.3, 0.4) is 0 Å². The van der Waals surface area contributed by atoms with E-state index in [-0.39, 0.29) is 6.10 Å². The largest absolute Gasteiger partial charge is 0.388 e. The highest BCUT2D eigenvalue weighted by molar-refractivity contribution is 5.45. The summed E-state index contributed by atoms with van der Waals surface area (Å²) in [6.45, 7) is 1.97. The average Bonchev–Trinajstić information content (AvgIpc) is 2.17. The Bertz CT molecular complexity index is 247. The van der Waals surface area contributed by atoms with Crippen molar-refractivity contribution in [1.29, 1.82) is 0 Å². The summed E-state index contributed by atoms with van der Waals surface area (Å²) in [6.07, 6.45) is 0.422. The summed E-state index contributed by atoms with van der Waals surface area (Å²) in [4.78, 5) is 0. The molecule has 0 aliphatic carbocycles. The molecule has 66 valence electrons. The molecule has 0 radical (unpaired) electrons. The Labute approximate surface area is 73.2 Å². The number of nitrogens with one attached hydrogen (secondary N) is 1. The fraction of sp³-hybridized carbons (Fsp3) is 0.400. The smallest absolute Gasteiger partial charge is 0.0788 e. The molecule has 0 saturated carbocycles. The summed E-state index contributed by atoms with van der Waals surface area (Å²) in [6, 6.07) is 7.83. The molecule has 2 heteroatoms. The molecule has 1 rings (SSSR count). The molecule has 0 amide bonds. The Morgan fingerprint density at radius 2 is 2.25 bits per heavy atom. The molecule has 0 saturated heterocycles. The minimum Gasteiger partial charge on any atom is -0.388 e. The van der Waals surface area contributed by atoms with E-state index in [9.17, 15) is 5.11 Å². The number of anilines is 1. The van der Waals surface area contributed by atoms with Crippen LogP contribution in [0.25, 0.3) is 0 Å². The Morgan fingerprint density at radius 3 is 2.83 bits per heavy atom. The molecule has 0 bridgehead atoms. The third kappa shape index (κ3) is 1.98. The lowest BCUT2D eigenvalue weighted by Crippen LogP contribution is -1.96. The van der Waals surface area contributed by atoms with Crippen LogP contribution in [0.5, 0.6) is 0 Å². The van der Waals surface area contributed by atoms with Gasteiger partial charge in [-0.25, -0.2) is 0 Å². The molecule has 0 aliphatic rings. The number of rotatable bonds is 3. The maximum absolute atomic E-state index is 9.52. The Kier molecular flexibility index (Phi) is 3.11. The molecule has 1 aromatic carbocycles. The summed E-state index contributed by atoms with van der Waals surface area (Å²) in [5.41, 5.74) is 2.02. The topological polar surface area (TPSA) is 32.3 Å². The Morgan fingerprint density at radius 1 is 1.50 bits per heavy atom. The van der Waals surface area contributed by atoms with Crippen LogP contribution in [0.4, 0.5) is 5.69 Å². The van der Waals surface area contributed by atoms with Gasteiger partial charge in [0.1, 0.15) is 0 Å². The molecule has 2 N–H and O–H groups in total. The summed E-state index contributed by atoms with van der Waals surface area (Å²) < 4.78 is 0. The maximum Gasteiger partial charge on any atom is 0.0788 e. The Balaban J connectivity index is 2.86. The van der Waals surface area contributed by atoms with Crippen molar-refractivity contribution in [3.63, 3.8) is 0 Å². The number of hydrogen-bond donors (Lipinski definition) is 2. The third-order valence-corrected chi connectivity index (χ3v) is 1.95. The van der Waals surface area contributed by atoms with E-state index in [0.717, 1.165) is 17.7 Å². The lowest BCUT2D eigenvalue weighted by molar-refractivity contribution is 0.174. The fourth-order valence-electron chi connectivity index (χ4n) is 1.14. The highest BCUT2D eigenvalue weighted by atomic mass is 16.3. The lowest BCUT2D eigenvalue weighted by atomic mass is 10.1. The van der Waals surface area contributed by atoms with Crippen molar-refractivity contribution in [3.05, 3.63) is 29.8 Å². The second-order valence-electron chi connectivity index (χ2n) is 2.80. The number of hydrogen-bond acceptors (Lipinski definition) is 2. The van der Waals surface area contributed by atoms with E-state index in [1.54, 1.807) is 0 Å². The van der Waals surface area contributed by atoms with E-state index < -0.39 is 0 Å². The summed E-state index contributed by atoms with van der Waals surface area (Å²) >= 11 is 0. The van der Waals surface area contributed by atoms with E-state index in [0.29, 0.717) is 0 Å². The van der Waals surface area contributed by atoms with Gasteiger partial charge in [0.05, 0.1) is 6.10 Å². The number of aliphatic hydroxyl groups excluding tert-OH is 1. The highest BCUT2D eigenvalue weighted by Crippen LogP contribution is 2.19. The van der Waals surface area contributed by atoms with Gasteiger partial charge in [-0.05, 0) is 24.1 Å². The van der Waals surface area contributed by atoms with Crippen LogP contribution in [-0.4, -0.2) is 12.2 Å². The van der Waals surface area contributed by atoms with Crippen LogP contribution >= 0.6 is 0 Å². The molecule has 1 atom stereocenters. The van der Waals surface area contributed by atoms with E-state index >= 15 is 0 Å². The standard InChI is InChI=1S/C10H15NO/c1-3-10(12)8-5-4-6-9(7-8)11-2/h4-7,10-12H,3H2,1-2H3/t10-/m1/s1. The van der Waals surface area contributed by atoms with Gasteiger partial charge in [-0.15, -0.1) is 0 Å². The normalized spacial score (nSPS) is 12.6. The van der Waals surface area contributed by atoms with Gasteiger partial charge in [0.2, 0.25) is 0 Å². The van der Waals surface area contributed by atoms with Crippen molar-refractivity contribution in [3.8, 4) is 0 Å². The van der Waals surface area contributed by atoms with Crippen LogP contribution in [0.2, 0.25) is 0 Å². The predicted octanol–water partition coefficient (Wildman–Crippen LogP) is 2.17. The summed E-state index contributed by atoms with van der Waals surface area (Å²) in [5, 5.41) is 12.6. The fourth-order valence-corrected chi connectivity index (χ4v) is 1.14. The molecule has 0 unspecified atom stereocenters. The van der Waals surface area contributed by atoms with Gasteiger partial charge in [-0.1, -0.05) is 19.1 Å². The molecule has 12 heavy (non-hydrogen) atoms. The summed E-state index contributed by atoms with van der Waals surface area (Å²) in [7, 11) is 1.87. The van der Waals surface area contributed by atoms with E-state index in [1.807, 2.05) is 38.2 Å². The SMILES string of the molecule is CC[C@@H](O)c1cccc(NC)c1. The van der Waals surface area contributed by atoms with Gasteiger partial charge in [0, 0.05) is 12.7 Å². The first-order chi connectivity index (χ1) is 5.77. The zero-order valence-electron chi connectivity index (χ0n) is 7.54. The first-order valence-corrected chi connectivity index (χ1v) is 4.23. The molecular weight excluding hydrogens is 150 g/mol. The number of benzene rings is 1. The first-order valence-electron chi connectivity index (χ1n) is 4.23. The Hall–Kier alpha value is -1.02. The summed E-state index contributed by atoms with van der Waals surface area (Å²) in [5.74, 6) is 0. The minimum absolute atomic E-state index is 0.335. The van der Waals surface area contributed by atoms with Crippen molar-refractivity contribution >= 4 is 5.69 Å². The van der Waals surface area contributed by atoms with Gasteiger partial charge in [0.25, 0.3) is 0 Å². The zero-order chi connectivity index (χ0) is 8.97. The molecule has 2 nitrogen and oxygen atoms in total. The molecule has 0 fully saturated rings. The average molecular weight is 165 g/mol. The van der Waals surface area contributed by atoms with Gasteiger partial charge < -0.3 is 10.4 Å². The second-order valence-corrected chi connectivity index (χ2v) is 2.80. The maximum atomic E-state index is 9.52. The van der Waals surface area contributed by atoms with Crippen molar-refractivity contribution in [2.45, 2.75) is 19.4 Å². The van der Waals surface area contributed by atoms with Crippen molar-refractivity contribution in [1.82, 2.24) is 0 Å². The zero-order valence-corrected chi connectivity index (χ0v) is 7.54. The predicted molar refractivity (Wildman–Crippen MR) is 51.2 cm³/mol. The molecule has 1 aromatic rings. The number of aliphatic hydroxyl groups is 1. The third-order valence-electron chi connectivity index (χ3n) is 1.95. The van der Waals surface area contributed by atoms with E-state index in [1.165, 1.54) is 0 Å². The second kappa shape index (κ2) is 4.12.